The SMILES string of the molecule is CCOC(=O)CN(C(=O)c1cc(C)nnc1CC)C(C)C. The Morgan fingerprint density at radius 1 is 1.29 bits per heavy atom. The summed E-state index contributed by atoms with van der Waals surface area (Å²) in [5, 5.41) is 8.04. The number of hydrogen-bond acceptors (Lipinski definition) is 5. The third-order valence-electron chi connectivity index (χ3n) is 3.05. The van der Waals surface area contributed by atoms with Crippen LogP contribution in [-0.2, 0) is 16.0 Å². The Kier molecular flexibility index (Phi) is 6.27. The fraction of sp³-hybridized carbons (Fsp3) is 0.600. The maximum absolute atomic E-state index is 12.7. The Morgan fingerprint density at radius 2 is 1.95 bits per heavy atom. The van der Waals surface area contributed by atoms with Crippen LogP contribution < -0.4 is 0 Å². The van der Waals surface area contributed by atoms with Crippen LogP contribution in [0.1, 0.15) is 49.4 Å². The summed E-state index contributed by atoms with van der Waals surface area (Å²) in [5.41, 5.74) is 1.82. The third kappa shape index (κ3) is 4.51. The van der Waals surface area contributed by atoms with Crippen molar-refractivity contribution in [3.63, 3.8) is 0 Å². The molecule has 116 valence electrons. The summed E-state index contributed by atoms with van der Waals surface area (Å²) in [7, 11) is 0. The third-order valence-corrected chi connectivity index (χ3v) is 3.05. The molecule has 0 aliphatic heterocycles. The van der Waals surface area contributed by atoms with Crippen LogP contribution in [-0.4, -0.2) is 46.2 Å². The van der Waals surface area contributed by atoms with E-state index in [-0.39, 0.29) is 18.5 Å². The van der Waals surface area contributed by atoms with Crippen molar-refractivity contribution >= 4 is 11.9 Å². The Labute approximate surface area is 125 Å². The number of nitrogens with zero attached hydrogens (tertiary/aromatic N) is 3. The molecule has 21 heavy (non-hydrogen) atoms. The van der Waals surface area contributed by atoms with Gasteiger partial charge in [-0.2, -0.15) is 10.2 Å². The minimum Gasteiger partial charge on any atom is -0.465 e. The van der Waals surface area contributed by atoms with Gasteiger partial charge < -0.3 is 9.64 Å². The molecule has 0 unspecified atom stereocenters. The van der Waals surface area contributed by atoms with E-state index in [1.165, 1.54) is 4.90 Å². The molecule has 6 nitrogen and oxygen atoms in total. The number of carbonyl (C=O) groups excluding carboxylic acids is 2. The van der Waals surface area contributed by atoms with Crippen molar-refractivity contribution in [3.05, 3.63) is 23.0 Å². The Morgan fingerprint density at radius 3 is 2.48 bits per heavy atom. The van der Waals surface area contributed by atoms with Crippen LogP contribution in [0.25, 0.3) is 0 Å². The number of esters is 1. The summed E-state index contributed by atoms with van der Waals surface area (Å²) in [6.45, 7) is 9.42. The molecule has 0 spiro atoms. The van der Waals surface area contributed by atoms with Crippen LogP contribution in [0.4, 0.5) is 0 Å². The summed E-state index contributed by atoms with van der Waals surface area (Å²) >= 11 is 0. The standard InChI is InChI=1S/C15H23N3O3/c1-6-13-12(8-11(5)16-17-13)15(20)18(10(3)4)9-14(19)21-7-2/h8,10H,6-7,9H2,1-5H3. The molecule has 0 radical (unpaired) electrons. The van der Waals surface area contributed by atoms with Gasteiger partial charge in [-0.3, -0.25) is 9.59 Å². The highest BCUT2D eigenvalue weighted by Crippen LogP contribution is 2.13. The van der Waals surface area contributed by atoms with E-state index >= 15 is 0 Å². The lowest BCUT2D eigenvalue weighted by Crippen LogP contribution is -2.41. The first-order valence-electron chi connectivity index (χ1n) is 7.20. The molecule has 0 fully saturated rings. The fourth-order valence-electron chi connectivity index (χ4n) is 1.95. The highest BCUT2D eigenvalue weighted by Gasteiger charge is 2.24. The minimum absolute atomic E-state index is 0.0607. The van der Waals surface area contributed by atoms with E-state index < -0.39 is 5.97 Å². The van der Waals surface area contributed by atoms with E-state index in [0.717, 1.165) is 0 Å². The number of amides is 1. The zero-order valence-corrected chi connectivity index (χ0v) is 13.3. The molecule has 1 aromatic rings. The average Bonchev–Trinajstić information content (AvgIpc) is 2.44. The fourth-order valence-corrected chi connectivity index (χ4v) is 1.95. The maximum Gasteiger partial charge on any atom is 0.325 e. The van der Waals surface area contributed by atoms with Crippen molar-refractivity contribution in [2.75, 3.05) is 13.2 Å². The lowest BCUT2D eigenvalue weighted by atomic mass is 10.1. The molecule has 6 heteroatoms. The van der Waals surface area contributed by atoms with Gasteiger partial charge in [0.05, 0.1) is 23.6 Å². The first-order chi connectivity index (χ1) is 9.90. The summed E-state index contributed by atoms with van der Waals surface area (Å²) in [4.78, 5) is 25.9. The van der Waals surface area contributed by atoms with Gasteiger partial charge in [0, 0.05) is 6.04 Å². The number of aromatic nitrogens is 2. The number of carbonyl (C=O) groups is 2. The van der Waals surface area contributed by atoms with Gasteiger partial charge in [-0.05, 0) is 40.2 Å². The Balaban J connectivity index is 3.06. The number of hydrogen-bond donors (Lipinski definition) is 0. The van der Waals surface area contributed by atoms with Gasteiger partial charge in [-0.25, -0.2) is 0 Å². The van der Waals surface area contributed by atoms with E-state index in [1.807, 2.05) is 20.8 Å². The number of ether oxygens (including phenoxy) is 1. The molecule has 1 heterocycles. The summed E-state index contributed by atoms with van der Waals surface area (Å²) in [6, 6.07) is 1.61. The molecule has 0 atom stereocenters. The predicted molar refractivity (Wildman–Crippen MR) is 79.0 cm³/mol. The highest BCUT2D eigenvalue weighted by atomic mass is 16.5. The topological polar surface area (TPSA) is 72.4 Å². The molecular formula is C15H23N3O3. The smallest absolute Gasteiger partial charge is 0.325 e. The second-order valence-corrected chi connectivity index (χ2v) is 5.03. The molecule has 0 aliphatic rings. The second kappa shape index (κ2) is 7.71. The molecule has 0 aromatic carbocycles. The van der Waals surface area contributed by atoms with Gasteiger partial charge in [-0.15, -0.1) is 0 Å². The lowest BCUT2D eigenvalue weighted by molar-refractivity contribution is -0.144. The summed E-state index contributed by atoms with van der Waals surface area (Å²) in [5.74, 6) is -0.621. The highest BCUT2D eigenvalue weighted by molar-refractivity contribution is 5.97. The van der Waals surface area contributed by atoms with Crippen LogP contribution in [0.3, 0.4) is 0 Å². The number of rotatable bonds is 6. The van der Waals surface area contributed by atoms with E-state index in [9.17, 15) is 9.59 Å². The molecule has 1 rings (SSSR count). The van der Waals surface area contributed by atoms with Crippen molar-refractivity contribution in [2.24, 2.45) is 0 Å². The van der Waals surface area contributed by atoms with Gasteiger partial charge >= 0.3 is 5.97 Å². The van der Waals surface area contributed by atoms with Crippen LogP contribution in [0.15, 0.2) is 6.07 Å². The maximum atomic E-state index is 12.7. The first kappa shape index (κ1) is 17.1. The molecule has 1 amide bonds. The van der Waals surface area contributed by atoms with Crippen molar-refractivity contribution in [2.45, 2.75) is 47.1 Å². The van der Waals surface area contributed by atoms with Crippen molar-refractivity contribution in [1.82, 2.24) is 15.1 Å². The van der Waals surface area contributed by atoms with Gasteiger partial charge in [0.1, 0.15) is 6.54 Å². The predicted octanol–water partition coefficient (Wildman–Crippen LogP) is 1.76. The van der Waals surface area contributed by atoms with E-state index in [1.54, 1.807) is 19.9 Å². The molecule has 0 saturated heterocycles. The molecule has 1 aromatic heterocycles. The monoisotopic (exact) mass is 293 g/mol. The average molecular weight is 293 g/mol. The number of aryl methyl sites for hydroxylation is 2. The van der Waals surface area contributed by atoms with Gasteiger partial charge in [-0.1, -0.05) is 6.92 Å². The van der Waals surface area contributed by atoms with Crippen molar-refractivity contribution < 1.29 is 14.3 Å². The van der Waals surface area contributed by atoms with Crippen LogP contribution in [0, 0.1) is 6.92 Å². The summed E-state index contributed by atoms with van der Waals surface area (Å²) < 4.78 is 4.93. The summed E-state index contributed by atoms with van der Waals surface area (Å²) in [6.07, 6.45) is 0.611. The van der Waals surface area contributed by atoms with Crippen LogP contribution in [0.5, 0.6) is 0 Å². The van der Waals surface area contributed by atoms with E-state index in [2.05, 4.69) is 10.2 Å². The van der Waals surface area contributed by atoms with Crippen molar-refractivity contribution in [1.29, 1.82) is 0 Å². The zero-order chi connectivity index (χ0) is 16.0. The van der Waals surface area contributed by atoms with Crippen molar-refractivity contribution in [3.8, 4) is 0 Å². The van der Waals surface area contributed by atoms with Gasteiger partial charge in [0.15, 0.2) is 0 Å². The normalized spacial score (nSPS) is 10.6. The lowest BCUT2D eigenvalue weighted by Gasteiger charge is -2.26. The molecule has 0 saturated carbocycles. The van der Waals surface area contributed by atoms with Crippen LogP contribution >= 0.6 is 0 Å². The van der Waals surface area contributed by atoms with Gasteiger partial charge in [0.25, 0.3) is 5.91 Å². The second-order valence-electron chi connectivity index (χ2n) is 5.03. The van der Waals surface area contributed by atoms with Gasteiger partial charge in [0.2, 0.25) is 0 Å². The largest absolute Gasteiger partial charge is 0.465 e. The van der Waals surface area contributed by atoms with E-state index in [0.29, 0.717) is 30.0 Å². The van der Waals surface area contributed by atoms with Crippen LogP contribution in [0.2, 0.25) is 0 Å². The molecule has 0 bridgehead atoms. The Bertz CT molecular complexity index is 515. The molecular weight excluding hydrogens is 270 g/mol. The zero-order valence-electron chi connectivity index (χ0n) is 13.3. The minimum atomic E-state index is -0.406. The first-order valence-corrected chi connectivity index (χ1v) is 7.20. The molecule has 0 aliphatic carbocycles. The Hall–Kier alpha value is -1.98. The quantitative estimate of drug-likeness (QED) is 0.747. The molecule has 0 N–H and O–H groups in total. The van der Waals surface area contributed by atoms with E-state index in [4.69, 9.17) is 4.74 Å².